The molecule has 2 aromatic heterocycles. The van der Waals surface area contributed by atoms with Crippen LogP contribution in [-0.2, 0) is 19.2 Å². The number of anilines is 1. The number of amides is 2. The van der Waals surface area contributed by atoms with Crippen LogP contribution in [0.3, 0.4) is 0 Å². The minimum absolute atomic E-state index is 0.0488. The largest absolute Gasteiger partial charge is 0.477 e. The molecule has 2 aromatic rings. The molecule has 4 rings (SSSR count). The van der Waals surface area contributed by atoms with Gasteiger partial charge in [-0.25, -0.2) is 9.78 Å². The van der Waals surface area contributed by atoms with E-state index in [1.165, 1.54) is 47.1 Å². The second kappa shape index (κ2) is 9.43. The number of thiazole rings is 1. The Morgan fingerprint density at radius 1 is 1.50 bits per heavy atom. The predicted molar refractivity (Wildman–Crippen MR) is 120 cm³/mol. The molecule has 0 aliphatic carbocycles. The van der Waals surface area contributed by atoms with Gasteiger partial charge in [0.25, 0.3) is 11.8 Å². The highest BCUT2D eigenvalue weighted by molar-refractivity contribution is 8.01. The van der Waals surface area contributed by atoms with Crippen LogP contribution in [0, 0.1) is 0 Å². The fourth-order valence-corrected chi connectivity index (χ4v) is 6.53. The molecule has 2 atom stereocenters. The van der Waals surface area contributed by atoms with Crippen molar-refractivity contribution in [1.82, 2.24) is 24.8 Å². The molecule has 2 amide bonds. The Bertz CT molecular complexity index is 1120. The van der Waals surface area contributed by atoms with E-state index in [0.717, 1.165) is 15.5 Å². The number of nitrogens with zero attached hydrogens (tertiary/aromatic N) is 5. The number of hydrogen-bond donors (Lipinski definition) is 3. The maximum absolute atomic E-state index is 12.8. The Labute approximate surface area is 197 Å². The van der Waals surface area contributed by atoms with Gasteiger partial charge in [0.05, 0.1) is 6.20 Å². The molecule has 2 aliphatic heterocycles. The first-order valence-electron chi connectivity index (χ1n) is 8.84. The monoisotopic (exact) mass is 513 g/mol. The summed E-state index contributed by atoms with van der Waals surface area (Å²) in [5.74, 6) is -1.57. The summed E-state index contributed by atoms with van der Waals surface area (Å²) in [5.41, 5.74) is 6.28. The average Bonchev–Trinajstić information content (AvgIpc) is 3.45. The van der Waals surface area contributed by atoms with Gasteiger partial charge in [-0.3, -0.25) is 14.5 Å². The van der Waals surface area contributed by atoms with Crippen LogP contribution in [0.1, 0.15) is 5.69 Å². The smallest absolute Gasteiger partial charge is 0.352 e. The fraction of sp³-hybridized carbons (Fsp3) is 0.312. The topological polar surface area (TPSA) is 173 Å². The number of β-lactam (4-membered cyclic amide) rings is 1. The van der Waals surface area contributed by atoms with Crippen molar-refractivity contribution in [2.75, 3.05) is 24.3 Å². The number of carbonyl (C=O) groups is 3. The standard InChI is InChI=1S/C16H15N7O5S4/c1-28-21-9(7-5-31-16(17)19-7)12(24)20-10-13(25)23-11(15(26)27)6(4-30-14(10)23)3-29-8-2-18-22-32-8/h2,5,10,14H,3-4H2,1H3,(H2,17,19)(H,20,24)(H,26,27)/t10?,14-/m0/s1. The third-order valence-electron chi connectivity index (χ3n) is 4.43. The van der Waals surface area contributed by atoms with E-state index in [2.05, 4.69) is 25.0 Å². The predicted octanol–water partition coefficient (Wildman–Crippen LogP) is 0.458. The van der Waals surface area contributed by atoms with Crippen molar-refractivity contribution in [3.05, 3.63) is 28.5 Å². The van der Waals surface area contributed by atoms with Crippen LogP contribution >= 0.6 is 46.4 Å². The molecule has 1 unspecified atom stereocenters. The average molecular weight is 514 g/mol. The summed E-state index contributed by atoms with van der Waals surface area (Å²) in [6.45, 7) is 0. The molecule has 2 aliphatic rings. The quantitative estimate of drug-likeness (QED) is 0.194. The molecule has 1 saturated heterocycles. The Morgan fingerprint density at radius 2 is 2.31 bits per heavy atom. The second-order valence-corrected chi connectivity index (χ2v) is 10.4. The molecule has 0 spiro atoms. The van der Waals surface area contributed by atoms with Gasteiger partial charge in [-0.05, 0) is 17.1 Å². The lowest BCUT2D eigenvalue weighted by Gasteiger charge is -2.49. The van der Waals surface area contributed by atoms with Gasteiger partial charge in [-0.15, -0.1) is 40.0 Å². The van der Waals surface area contributed by atoms with Crippen molar-refractivity contribution < 1.29 is 24.3 Å². The number of nitrogens with two attached hydrogens (primary N) is 1. The van der Waals surface area contributed by atoms with Crippen LogP contribution < -0.4 is 11.1 Å². The van der Waals surface area contributed by atoms with Gasteiger partial charge in [0.2, 0.25) is 0 Å². The number of fused-ring (bicyclic) bond motifs is 1. The Kier molecular flexibility index (Phi) is 6.63. The highest BCUT2D eigenvalue weighted by Gasteiger charge is 2.54. The van der Waals surface area contributed by atoms with Gasteiger partial charge < -0.3 is 21.0 Å². The molecule has 1 fully saturated rings. The summed E-state index contributed by atoms with van der Waals surface area (Å²) in [5, 5.41) is 21.1. The first-order chi connectivity index (χ1) is 15.4. The molecule has 32 heavy (non-hydrogen) atoms. The van der Waals surface area contributed by atoms with E-state index in [4.69, 9.17) is 10.6 Å². The van der Waals surface area contributed by atoms with Crippen molar-refractivity contribution in [1.29, 1.82) is 0 Å². The number of nitrogens with one attached hydrogen (secondary N) is 1. The molecule has 4 heterocycles. The van der Waals surface area contributed by atoms with Gasteiger partial charge in [-0.1, -0.05) is 9.64 Å². The van der Waals surface area contributed by atoms with E-state index < -0.39 is 29.2 Å². The summed E-state index contributed by atoms with van der Waals surface area (Å²) in [7, 11) is 1.28. The second-order valence-electron chi connectivity index (χ2n) is 6.34. The maximum Gasteiger partial charge on any atom is 0.352 e. The molecule has 0 saturated carbocycles. The number of rotatable bonds is 8. The zero-order valence-corrected chi connectivity index (χ0v) is 19.5. The van der Waals surface area contributed by atoms with E-state index >= 15 is 0 Å². The molecular formula is C16H15N7O5S4. The van der Waals surface area contributed by atoms with Crippen molar-refractivity contribution in [2.24, 2.45) is 5.16 Å². The van der Waals surface area contributed by atoms with Gasteiger partial charge in [0, 0.05) is 16.9 Å². The van der Waals surface area contributed by atoms with Crippen LogP contribution in [0.2, 0.25) is 0 Å². The highest BCUT2D eigenvalue weighted by Crippen LogP contribution is 2.41. The Hall–Kier alpha value is -2.69. The van der Waals surface area contributed by atoms with Crippen LogP contribution in [0.15, 0.2) is 32.2 Å². The third kappa shape index (κ3) is 4.30. The molecular weight excluding hydrogens is 498 g/mol. The minimum atomic E-state index is -1.19. The van der Waals surface area contributed by atoms with Crippen molar-refractivity contribution >= 4 is 75.0 Å². The number of carboxylic acid groups (broad SMARTS) is 1. The normalized spacial score (nSPS) is 20.6. The Balaban J connectivity index is 1.49. The number of thioether (sulfide) groups is 2. The molecule has 0 radical (unpaired) electrons. The van der Waals surface area contributed by atoms with Crippen molar-refractivity contribution in [2.45, 2.75) is 15.6 Å². The van der Waals surface area contributed by atoms with Crippen molar-refractivity contribution in [3.8, 4) is 0 Å². The van der Waals surface area contributed by atoms with E-state index in [9.17, 15) is 19.5 Å². The zero-order valence-electron chi connectivity index (χ0n) is 16.3. The molecule has 12 nitrogen and oxygen atoms in total. The number of aliphatic carboxylic acids is 1. The number of hydrogen-bond acceptors (Lipinski definition) is 13. The summed E-state index contributed by atoms with van der Waals surface area (Å²) in [4.78, 5) is 47.5. The lowest BCUT2D eigenvalue weighted by molar-refractivity contribution is -0.150. The minimum Gasteiger partial charge on any atom is -0.477 e. The first kappa shape index (κ1) is 22.5. The van der Waals surface area contributed by atoms with E-state index in [-0.39, 0.29) is 22.2 Å². The Morgan fingerprint density at radius 3 is 2.94 bits per heavy atom. The molecule has 0 aromatic carbocycles. The fourth-order valence-electron chi connectivity index (χ4n) is 3.08. The van der Waals surface area contributed by atoms with Crippen LogP contribution in [0.4, 0.5) is 5.13 Å². The van der Waals surface area contributed by atoms with Crippen LogP contribution in [-0.4, -0.2) is 78.1 Å². The van der Waals surface area contributed by atoms with E-state index in [1.807, 2.05) is 0 Å². The molecule has 4 N–H and O–H groups in total. The zero-order chi connectivity index (χ0) is 22.8. The first-order valence-corrected chi connectivity index (χ1v) is 12.5. The van der Waals surface area contributed by atoms with Crippen LogP contribution in [0.25, 0.3) is 0 Å². The SMILES string of the molecule is CON=C(C(=O)NC1C(=O)N2C(C(=O)O)=C(CSc3cnns3)CS[C@@H]12)c1csc(N)n1. The lowest BCUT2D eigenvalue weighted by Crippen LogP contribution is -2.71. The summed E-state index contributed by atoms with van der Waals surface area (Å²) in [6.07, 6.45) is 1.60. The molecule has 16 heteroatoms. The van der Waals surface area contributed by atoms with Crippen LogP contribution in [0.5, 0.6) is 0 Å². The van der Waals surface area contributed by atoms with Gasteiger partial charge >= 0.3 is 5.97 Å². The maximum atomic E-state index is 12.8. The van der Waals surface area contributed by atoms with Gasteiger partial charge in [0.15, 0.2) is 10.8 Å². The number of oxime groups is 1. The van der Waals surface area contributed by atoms with E-state index in [0.29, 0.717) is 17.1 Å². The molecule has 0 bridgehead atoms. The number of carboxylic acids is 1. The number of nitrogen functional groups attached to an aromatic ring is 1. The highest BCUT2D eigenvalue weighted by atomic mass is 32.2. The number of carbonyl (C=O) groups excluding carboxylic acids is 2. The molecule has 168 valence electrons. The number of aromatic nitrogens is 3. The van der Waals surface area contributed by atoms with E-state index in [1.54, 1.807) is 11.6 Å². The summed E-state index contributed by atoms with van der Waals surface area (Å²) < 4.78 is 4.63. The third-order valence-corrected chi connectivity index (χ3v) is 8.36. The van der Waals surface area contributed by atoms with Gasteiger partial charge in [0.1, 0.15) is 34.1 Å². The summed E-state index contributed by atoms with van der Waals surface area (Å²) in [6, 6.07) is -0.903. The van der Waals surface area contributed by atoms with Gasteiger partial charge in [-0.2, -0.15) is 0 Å². The lowest BCUT2D eigenvalue weighted by atomic mass is 10.0. The summed E-state index contributed by atoms with van der Waals surface area (Å²) >= 11 is 5.14. The van der Waals surface area contributed by atoms with Crippen molar-refractivity contribution in [3.63, 3.8) is 0 Å².